The van der Waals surface area contributed by atoms with Crippen molar-refractivity contribution in [3.05, 3.63) is 34.3 Å². The minimum Gasteiger partial charge on any atom is -0.333 e. The summed E-state index contributed by atoms with van der Waals surface area (Å²) in [7, 11) is 0. The van der Waals surface area contributed by atoms with Crippen molar-refractivity contribution in [2.24, 2.45) is 0 Å². The maximum Gasteiger partial charge on any atom is 0.255 e. The van der Waals surface area contributed by atoms with Crippen LogP contribution in [0, 0.1) is 0 Å². The van der Waals surface area contributed by atoms with Crippen LogP contribution in [0.1, 0.15) is 24.2 Å². The Morgan fingerprint density at radius 3 is 2.72 bits per heavy atom. The highest BCUT2D eigenvalue weighted by atomic mass is 79.9. The Morgan fingerprint density at radius 1 is 1.39 bits per heavy atom. The lowest BCUT2D eigenvalue weighted by molar-refractivity contribution is 0.0602. The van der Waals surface area contributed by atoms with E-state index in [-0.39, 0.29) is 24.4 Å². The molecular formula is C13H18BrClN2O. The Labute approximate surface area is 122 Å². The minimum absolute atomic E-state index is 0. The molecule has 18 heavy (non-hydrogen) atoms. The molecule has 0 aromatic heterocycles. The summed E-state index contributed by atoms with van der Waals surface area (Å²) in [4.78, 5) is 14.4. The van der Waals surface area contributed by atoms with E-state index in [1.807, 2.05) is 29.2 Å². The van der Waals surface area contributed by atoms with Crippen LogP contribution in [0.25, 0.3) is 0 Å². The molecule has 1 amide bonds. The molecule has 0 spiro atoms. The molecule has 1 fully saturated rings. The maximum absolute atomic E-state index is 12.4. The van der Waals surface area contributed by atoms with Crippen LogP contribution >= 0.6 is 28.3 Å². The molecule has 100 valence electrons. The van der Waals surface area contributed by atoms with Crippen LogP contribution in [0.3, 0.4) is 0 Å². The topological polar surface area (TPSA) is 32.3 Å². The second-order valence-corrected chi connectivity index (χ2v) is 5.32. The number of carbonyl (C=O) groups is 1. The van der Waals surface area contributed by atoms with E-state index in [4.69, 9.17) is 0 Å². The Hall–Kier alpha value is -0.580. The van der Waals surface area contributed by atoms with Crippen molar-refractivity contribution < 1.29 is 4.79 Å². The summed E-state index contributed by atoms with van der Waals surface area (Å²) in [5, 5.41) is 3.38. The van der Waals surface area contributed by atoms with Crippen molar-refractivity contribution in [2.75, 3.05) is 13.1 Å². The first kappa shape index (κ1) is 15.5. The van der Waals surface area contributed by atoms with E-state index in [9.17, 15) is 4.79 Å². The summed E-state index contributed by atoms with van der Waals surface area (Å²) < 4.78 is 0.864. The van der Waals surface area contributed by atoms with E-state index in [1.54, 1.807) is 0 Å². The zero-order valence-corrected chi connectivity index (χ0v) is 12.9. The number of hydrogen-bond acceptors (Lipinski definition) is 2. The molecule has 1 aromatic rings. The first-order chi connectivity index (χ1) is 8.11. The smallest absolute Gasteiger partial charge is 0.255 e. The van der Waals surface area contributed by atoms with Gasteiger partial charge in [0.15, 0.2) is 0 Å². The molecule has 0 aliphatic carbocycles. The molecule has 1 aromatic carbocycles. The number of amides is 1. The summed E-state index contributed by atoms with van der Waals surface area (Å²) in [6.07, 6.45) is 0. The average Bonchev–Trinajstić information content (AvgIpc) is 2.32. The minimum atomic E-state index is 0. The molecule has 3 nitrogen and oxygen atoms in total. The predicted octanol–water partition coefficient (Wildman–Crippen LogP) is 2.69. The van der Waals surface area contributed by atoms with Gasteiger partial charge in [-0.25, -0.2) is 0 Å². The third kappa shape index (κ3) is 3.05. The second-order valence-electron chi connectivity index (χ2n) is 4.46. The summed E-state index contributed by atoms with van der Waals surface area (Å²) in [5.74, 6) is 0.110. The monoisotopic (exact) mass is 332 g/mol. The van der Waals surface area contributed by atoms with Crippen LogP contribution in [0.4, 0.5) is 0 Å². The average molecular weight is 334 g/mol. The highest BCUT2D eigenvalue weighted by Gasteiger charge is 2.29. The quantitative estimate of drug-likeness (QED) is 0.857. The van der Waals surface area contributed by atoms with E-state index in [0.29, 0.717) is 6.04 Å². The fourth-order valence-electron chi connectivity index (χ4n) is 2.13. The molecule has 2 unspecified atom stereocenters. The van der Waals surface area contributed by atoms with E-state index < -0.39 is 0 Å². The number of halogens is 2. The molecule has 0 saturated carbocycles. The fraction of sp³-hybridized carbons (Fsp3) is 0.462. The zero-order chi connectivity index (χ0) is 12.4. The Kier molecular flexibility index (Phi) is 5.63. The normalized spacial score (nSPS) is 23.4. The van der Waals surface area contributed by atoms with Crippen LogP contribution < -0.4 is 5.32 Å². The first-order valence-electron chi connectivity index (χ1n) is 5.90. The number of benzene rings is 1. The Balaban J connectivity index is 0.00000162. The van der Waals surface area contributed by atoms with Crippen LogP contribution in [-0.2, 0) is 0 Å². The van der Waals surface area contributed by atoms with Gasteiger partial charge in [-0.15, -0.1) is 12.4 Å². The first-order valence-corrected chi connectivity index (χ1v) is 6.69. The Morgan fingerprint density at radius 2 is 2.06 bits per heavy atom. The van der Waals surface area contributed by atoms with Crippen molar-refractivity contribution in [2.45, 2.75) is 25.9 Å². The van der Waals surface area contributed by atoms with Crippen molar-refractivity contribution in [3.63, 3.8) is 0 Å². The summed E-state index contributed by atoms with van der Waals surface area (Å²) in [6, 6.07) is 8.16. The van der Waals surface area contributed by atoms with Crippen LogP contribution in [-0.4, -0.2) is 36.0 Å². The van der Waals surface area contributed by atoms with E-state index >= 15 is 0 Å². The van der Waals surface area contributed by atoms with Gasteiger partial charge in [-0.3, -0.25) is 4.79 Å². The van der Waals surface area contributed by atoms with Gasteiger partial charge in [0.1, 0.15) is 0 Å². The van der Waals surface area contributed by atoms with E-state index in [2.05, 4.69) is 35.1 Å². The second kappa shape index (κ2) is 6.55. The molecule has 2 atom stereocenters. The standard InChI is InChI=1S/C13H17BrN2O.ClH/c1-9-10(2)16(8-7-15-9)13(17)11-5-3-4-6-12(11)14;/h3-6,9-10,15H,7-8H2,1-2H3;1H. The lowest BCUT2D eigenvalue weighted by Gasteiger charge is -2.38. The molecule has 0 bridgehead atoms. The molecule has 1 N–H and O–H groups in total. The largest absolute Gasteiger partial charge is 0.333 e. The van der Waals surface area contributed by atoms with Gasteiger partial charge in [0.2, 0.25) is 0 Å². The van der Waals surface area contributed by atoms with Gasteiger partial charge in [-0.1, -0.05) is 12.1 Å². The third-order valence-electron chi connectivity index (χ3n) is 3.40. The molecule has 2 rings (SSSR count). The molecule has 1 aliphatic heterocycles. The van der Waals surface area contributed by atoms with E-state index in [1.165, 1.54) is 0 Å². The van der Waals surface area contributed by atoms with Crippen LogP contribution in [0.2, 0.25) is 0 Å². The zero-order valence-electron chi connectivity index (χ0n) is 10.5. The number of nitrogens with one attached hydrogen (secondary N) is 1. The van der Waals surface area contributed by atoms with Crippen LogP contribution in [0.5, 0.6) is 0 Å². The highest BCUT2D eigenvalue weighted by molar-refractivity contribution is 9.10. The SMILES string of the molecule is CC1NCCN(C(=O)c2ccccc2Br)C1C.Cl. The predicted molar refractivity (Wildman–Crippen MR) is 79.4 cm³/mol. The Bertz CT molecular complexity index is 427. The number of carbonyl (C=O) groups excluding carboxylic acids is 1. The third-order valence-corrected chi connectivity index (χ3v) is 4.09. The molecule has 5 heteroatoms. The van der Waals surface area contributed by atoms with Gasteiger partial charge < -0.3 is 10.2 Å². The lowest BCUT2D eigenvalue weighted by atomic mass is 10.1. The maximum atomic E-state index is 12.4. The summed E-state index contributed by atoms with van der Waals surface area (Å²) in [6.45, 7) is 5.84. The van der Waals surface area contributed by atoms with Gasteiger partial charge in [-0.05, 0) is 41.9 Å². The van der Waals surface area contributed by atoms with Gasteiger partial charge in [0.25, 0.3) is 5.91 Å². The number of rotatable bonds is 1. The molecule has 1 saturated heterocycles. The number of piperazine rings is 1. The number of nitrogens with zero attached hydrogens (tertiary/aromatic N) is 1. The summed E-state index contributed by atoms with van der Waals surface area (Å²) in [5.41, 5.74) is 0.744. The van der Waals surface area contributed by atoms with Gasteiger partial charge >= 0.3 is 0 Å². The fourth-order valence-corrected chi connectivity index (χ4v) is 2.59. The molecule has 1 aliphatic rings. The van der Waals surface area contributed by atoms with Crippen molar-refractivity contribution in [3.8, 4) is 0 Å². The molecule has 0 radical (unpaired) electrons. The van der Waals surface area contributed by atoms with Crippen molar-refractivity contribution in [1.29, 1.82) is 0 Å². The van der Waals surface area contributed by atoms with Gasteiger partial charge in [0.05, 0.1) is 5.56 Å². The van der Waals surface area contributed by atoms with Crippen LogP contribution in [0.15, 0.2) is 28.7 Å². The highest BCUT2D eigenvalue weighted by Crippen LogP contribution is 2.20. The molecule has 1 heterocycles. The number of hydrogen-bond donors (Lipinski definition) is 1. The van der Waals surface area contributed by atoms with Crippen molar-refractivity contribution >= 4 is 34.2 Å². The van der Waals surface area contributed by atoms with E-state index in [0.717, 1.165) is 23.1 Å². The molecular weight excluding hydrogens is 316 g/mol. The van der Waals surface area contributed by atoms with Gasteiger partial charge in [-0.2, -0.15) is 0 Å². The summed E-state index contributed by atoms with van der Waals surface area (Å²) >= 11 is 3.44. The van der Waals surface area contributed by atoms with Crippen molar-refractivity contribution in [1.82, 2.24) is 10.2 Å². The lowest BCUT2D eigenvalue weighted by Crippen LogP contribution is -2.57. The van der Waals surface area contributed by atoms with Gasteiger partial charge in [0, 0.05) is 29.6 Å².